The van der Waals surface area contributed by atoms with Crippen LogP contribution < -0.4 is 11.1 Å². The van der Waals surface area contributed by atoms with E-state index in [1.807, 2.05) is 0 Å². The number of hydrogen-bond acceptors (Lipinski definition) is 3. The first-order valence-corrected chi connectivity index (χ1v) is 6.33. The van der Waals surface area contributed by atoms with Crippen molar-refractivity contribution in [3.05, 3.63) is 0 Å². The van der Waals surface area contributed by atoms with Crippen molar-refractivity contribution in [2.45, 2.75) is 39.5 Å². The van der Waals surface area contributed by atoms with Crippen molar-refractivity contribution < 1.29 is 4.74 Å². The van der Waals surface area contributed by atoms with Crippen molar-refractivity contribution in [1.82, 2.24) is 5.32 Å². The Hall–Kier alpha value is -0.120. The fraction of sp³-hybridized carbons (Fsp3) is 1.00. The van der Waals surface area contributed by atoms with Crippen molar-refractivity contribution in [2.24, 2.45) is 11.7 Å². The molecule has 0 aromatic heterocycles. The van der Waals surface area contributed by atoms with Gasteiger partial charge in [0.1, 0.15) is 0 Å². The molecule has 0 saturated heterocycles. The van der Waals surface area contributed by atoms with E-state index in [9.17, 15) is 0 Å². The van der Waals surface area contributed by atoms with Gasteiger partial charge in [0.15, 0.2) is 0 Å². The summed E-state index contributed by atoms with van der Waals surface area (Å²) < 4.78 is 5.29. The van der Waals surface area contributed by atoms with Crippen molar-refractivity contribution >= 4 is 0 Å². The summed E-state index contributed by atoms with van der Waals surface area (Å²) in [4.78, 5) is 0. The van der Waals surface area contributed by atoms with E-state index in [0.717, 1.165) is 25.6 Å². The molecule has 3 nitrogen and oxygen atoms in total. The van der Waals surface area contributed by atoms with Crippen molar-refractivity contribution in [2.75, 3.05) is 32.8 Å². The van der Waals surface area contributed by atoms with Gasteiger partial charge in [0, 0.05) is 13.1 Å². The lowest BCUT2D eigenvalue weighted by atomic mass is 9.99. The van der Waals surface area contributed by atoms with Gasteiger partial charge < -0.3 is 15.8 Å². The Kier molecular flexibility index (Phi) is 11.9. The first kappa shape index (κ1) is 14.9. The fourth-order valence-electron chi connectivity index (χ4n) is 1.58. The standard InChI is InChI=1S/C12H28N2O/c1-3-5-6-12(4-2)11-14-8-10-15-9-7-13/h12,14H,3-11,13H2,1-2H3. The van der Waals surface area contributed by atoms with Crippen LogP contribution in [0.15, 0.2) is 0 Å². The molecule has 0 amide bonds. The Bertz CT molecular complexity index is 120. The normalized spacial score (nSPS) is 13.0. The third-order valence-electron chi connectivity index (χ3n) is 2.66. The Morgan fingerprint density at radius 3 is 2.67 bits per heavy atom. The van der Waals surface area contributed by atoms with Crippen LogP contribution in [0.4, 0.5) is 0 Å². The molecule has 0 rings (SSSR count). The zero-order valence-electron chi connectivity index (χ0n) is 10.4. The van der Waals surface area contributed by atoms with Crippen LogP contribution in [0.5, 0.6) is 0 Å². The van der Waals surface area contributed by atoms with Crippen molar-refractivity contribution in [3.8, 4) is 0 Å². The van der Waals surface area contributed by atoms with Crippen LogP contribution in [-0.4, -0.2) is 32.8 Å². The molecule has 0 saturated carbocycles. The number of unbranched alkanes of at least 4 members (excludes halogenated alkanes) is 1. The van der Waals surface area contributed by atoms with Gasteiger partial charge in [0.05, 0.1) is 13.2 Å². The molecule has 0 aromatic carbocycles. The number of rotatable bonds is 11. The Morgan fingerprint density at radius 1 is 1.27 bits per heavy atom. The van der Waals surface area contributed by atoms with Gasteiger partial charge >= 0.3 is 0 Å². The zero-order valence-corrected chi connectivity index (χ0v) is 10.4. The molecular weight excluding hydrogens is 188 g/mol. The van der Waals surface area contributed by atoms with Crippen LogP contribution >= 0.6 is 0 Å². The second-order valence-corrected chi connectivity index (χ2v) is 4.02. The summed E-state index contributed by atoms with van der Waals surface area (Å²) >= 11 is 0. The van der Waals surface area contributed by atoms with E-state index >= 15 is 0 Å². The van der Waals surface area contributed by atoms with Gasteiger partial charge in [-0.05, 0) is 18.9 Å². The van der Waals surface area contributed by atoms with Crippen molar-refractivity contribution in [1.29, 1.82) is 0 Å². The zero-order chi connectivity index (χ0) is 11.4. The van der Waals surface area contributed by atoms with Crippen LogP contribution in [0.3, 0.4) is 0 Å². The largest absolute Gasteiger partial charge is 0.379 e. The van der Waals surface area contributed by atoms with E-state index in [1.54, 1.807) is 0 Å². The average molecular weight is 216 g/mol. The van der Waals surface area contributed by atoms with E-state index in [1.165, 1.54) is 25.7 Å². The third-order valence-corrected chi connectivity index (χ3v) is 2.66. The topological polar surface area (TPSA) is 47.3 Å². The number of nitrogens with two attached hydrogens (primary N) is 1. The molecular formula is C12H28N2O. The summed E-state index contributed by atoms with van der Waals surface area (Å²) in [5.41, 5.74) is 5.32. The first-order chi connectivity index (χ1) is 7.35. The van der Waals surface area contributed by atoms with Gasteiger partial charge in [-0.25, -0.2) is 0 Å². The molecule has 0 aliphatic heterocycles. The monoisotopic (exact) mass is 216 g/mol. The molecule has 3 heteroatoms. The summed E-state index contributed by atoms with van der Waals surface area (Å²) in [5.74, 6) is 0.833. The highest BCUT2D eigenvalue weighted by Crippen LogP contribution is 2.10. The fourth-order valence-corrected chi connectivity index (χ4v) is 1.58. The molecule has 1 atom stereocenters. The molecule has 0 aliphatic rings. The van der Waals surface area contributed by atoms with Crippen LogP contribution in [0.25, 0.3) is 0 Å². The molecule has 0 aromatic rings. The highest BCUT2D eigenvalue weighted by atomic mass is 16.5. The minimum atomic E-state index is 0.619. The van der Waals surface area contributed by atoms with Crippen LogP contribution in [0, 0.1) is 5.92 Å². The molecule has 1 unspecified atom stereocenters. The lowest BCUT2D eigenvalue weighted by molar-refractivity contribution is 0.142. The van der Waals surface area contributed by atoms with E-state index in [2.05, 4.69) is 19.2 Å². The Morgan fingerprint density at radius 2 is 2.07 bits per heavy atom. The minimum Gasteiger partial charge on any atom is -0.379 e. The number of hydrogen-bond donors (Lipinski definition) is 2. The quantitative estimate of drug-likeness (QED) is 0.517. The minimum absolute atomic E-state index is 0.619. The molecule has 0 bridgehead atoms. The molecule has 92 valence electrons. The summed E-state index contributed by atoms with van der Waals surface area (Å²) in [7, 11) is 0. The summed E-state index contributed by atoms with van der Waals surface area (Å²) in [6, 6.07) is 0. The van der Waals surface area contributed by atoms with E-state index < -0.39 is 0 Å². The SMILES string of the molecule is CCCCC(CC)CNCCOCCN. The second-order valence-electron chi connectivity index (χ2n) is 4.02. The smallest absolute Gasteiger partial charge is 0.0591 e. The maximum absolute atomic E-state index is 5.32. The maximum Gasteiger partial charge on any atom is 0.0591 e. The molecule has 3 N–H and O–H groups in total. The molecule has 0 radical (unpaired) electrons. The van der Waals surface area contributed by atoms with E-state index in [0.29, 0.717) is 13.2 Å². The van der Waals surface area contributed by atoms with E-state index in [4.69, 9.17) is 10.5 Å². The van der Waals surface area contributed by atoms with Crippen LogP contribution in [0.2, 0.25) is 0 Å². The molecule has 15 heavy (non-hydrogen) atoms. The molecule has 0 aliphatic carbocycles. The highest BCUT2D eigenvalue weighted by Gasteiger charge is 2.04. The lowest BCUT2D eigenvalue weighted by Crippen LogP contribution is -2.26. The first-order valence-electron chi connectivity index (χ1n) is 6.33. The van der Waals surface area contributed by atoms with Crippen LogP contribution in [-0.2, 0) is 4.74 Å². The highest BCUT2D eigenvalue weighted by molar-refractivity contribution is 4.60. The summed E-state index contributed by atoms with van der Waals surface area (Å²) in [6.45, 7) is 8.67. The maximum atomic E-state index is 5.32. The summed E-state index contributed by atoms with van der Waals surface area (Å²) in [5, 5.41) is 3.44. The number of nitrogens with one attached hydrogen (secondary N) is 1. The summed E-state index contributed by atoms with van der Waals surface area (Å²) in [6.07, 6.45) is 5.28. The second kappa shape index (κ2) is 12.0. The molecule has 0 heterocycles. The predicted molar refractivity (Wildman–Crippen MR) is 66.0 cm³/mol. The van der Waals surface area contributed by atoms with Crippen LogP contribution in [0.1, 0.15) is 39.5 Å². The lowest BCUT2D eigenvalue weighted by Gasteiger charge is -2.15. The van der Waals surface area contributed by atoms with Crippen molar-refractivity contribution in [3.63, 3.8) is 0 Å². The third kappa shape index (κ3) is 10.2. The average Bonchev–Trinajstić information content (AvgIpc) is 2.27. The van der Waals surface area contributed by atoms with Gasteiger partial charge in [-0.3, -0.25) is 0 Å². The Labute approximate surface area is 94.8 Å². The van der Waals surface area contributed by atoms with E-state index in [-0.39, 0.29) is 0 Å². The van der Waals surface area contributed by atoms with Gasteiger partial charge in [-0.15, -0.1) is 0 Å². The molecule has 0 spiro atoms. The van der Waals surface area contributed by atoms with Gasteiger partial charge in [-0.1, -0.05) is 33.1 Å². The van der Waals surface area contributed by atoms with Gasteiger partial charge in [0.2, 0.25) is 0 Å². The van der Waals surface area contributed by atoms with Gasteiger partial charge in [-0.2, -0.15) is 0 Å². The predicted octanol–water partition coefficient (Wildman–Crippen LogP) is 1.77. The number of ether oxygens (including phenoxy) is 1. The molecule has 0 fully saturated rings. The Balaban J connectivity index is 3.22. The van der Waals surface area contributed by atoms with Gasteiger partial charge in [0.25, 0.3) is 0 Å².